The summed E-state index contributed by atoms with van der Waals surface area (Å²) in [6.07, 6.45) is 2.32. The Morgan fingerprint density at radius 1 is 1.23 bits per heavy atom. The predicted octanol–water partition coefficient (Wildman–Crippen LogP) is 4.73. The van der Waals surface area contributed by atoms with Gasteiger partial charge in [0.05, 0.1) is 0 Å². The molecule has 22 heavy (non-hydrogen) atoms. The van der Waals surface area contributed by atoms with Gasteiger partial charge in [0.2, 0.25) is 5.95 Å². The van der Waals surface area contributed by atoms with Crippen LogP contribution in [0.2, 0.25) is 5.02 Å². The van der Waals surface area contributed by atoms with E-state index >= 15 is 0 Å². The molecule has 0 unspecified atom stereocenters. The average molecular weight is 319 g/mol. The molecular formula is C17H23ClN4. The fraction of sp³-hybridized carbons (Fsp3) is 0.412. The maximum atomic E-state index is 6.16. The molecule has 0 bridgehead atoms. The number of nitrogens with one attached hydrogen (secondary N) is 1. The van der Waals surface area contributed by atoms with Crippen LogP contribution in [0.15, 0.2) is 24.3 Å². The summed E-state index contributed by atoms with van der Waals surface area (Å²) < 4.78 is 0. The first-order valence-electron chi connectivity index (χ1n) is 7.60. The Kier molecular flexibility index (Phi) is 5.61. The van der Waals surface area contributed by atoms with E-state index in [0.717, 1.165) is 40.8 Å². The number of nitrogens with zero attached hydrogens (tertiary/aromatic N) is 3. The van der Waals surface area contributed by atoms with Gasteiger partial charge in [-0.15, -0.1) is 0 Å². The molecule has 1 aromatic heterocycles. The third-order valence-corrected chi connectivity index (χ3v) is 4.00. The van der Waals surface area contributed by atoms with Gasteiger partial charge in [0.1, 0.15) is 5.82 Å². The van der Waals surface area contributed by atoms with Crippen LogP contribution >= 0.6 is 11.6 Å². The molecule has 0 fully saturated rings. The van der Waals surface area contributed by atoms with E-state index in [4.69, 9.17) is 11.6 Å². The summed E-state index contributed by atoms with van der Waals surface area (Å²) in [5.41, 5.74) is 2.87. The summed E-state index contributed by atoms with van der Waals surface area (Å²) in [5.74, 6) is 1.53. The SMILES string of the molecule is CCCCN(C)c1cc(C)nc(Nc2cccc(Cl)c2C)n1. The number of halogens is 1. The predicted molar refractivity (Wildman–Crippen MR) is 94.4 cm³/mol. The van der Waals surface area contributed by atoms with Gasteiger partial charge in [-0.3, -0.25) is 0 Å². The van der Waals surface area contributed by atoms with Crippen LogP contribution in [0.1, 0.15) is 31.0 Å². The van der Waals surface area contributed by atoms with Gasteiger partial charge >= 0.3 is 0 Å². The quantitative estimate of drug-likeness (QED) is 0.836. The van der Waals surface area contributed by atoms with Crippen LogP contribution in [0, 0.1) is 13.8 Å². The van der Waals surface area contributed by atoms with Gasteiger partial charge in [-0.1, -0.05) is 31.0 Å². The minimum Gasteiger partial charge on any atom is -0.360 e. The van der Waals surface area contributed by atoms with Crippen LogP contribution < -0.4 is 10.2 Å². The van der Waals surface area contributed by atoms with Crippen LogP contribution in [0.4, 0.5) is 17.5 Å². The van der Waals surface area contributed by atoms with Crippen molar-refractivity contribution in [3.63, 3.8) is 0 Å². The first-order valence-corrected chi connectivity index (χ1v) is 7.98. The van der Waals surface area contributed by atoms with E-state index in [9.17, 15) is 0 Å². The highest BCUT2D eigenvalue weighted by Gasteiger charge is 2.08. The molecule has 0 saturated heterocycles. The summed E-state index contributed by atoms with van der Waals surface area (Å²) >= 11 is 6.16. The fourth-order valence-electron chi connectivity index (χ4n) is 2.18. The Labute approximate surface area is 137 Å². The first kappa shape index (κ1) is 16.6. The molecule has 0 aliphatic carbocycles. The molecule has 0 aliphatic rings. The summed E-state index contributed by atoms with van der Waals surface area (Å²) in [6, 6.07) is 7.78. The monoisotopic (exact) mass is 318 g/mol. The van der Waals surface area contributed by atoms with E-state index < -0.39 is 0 Å². The highest BCUT2D eigenvalue weighted by atomic mass is 35.5. The van der Waals surface area contributed by atoms with Crippen LogP contribution in [-0.2, 0) is 0 Å². The molecule has 2 rings (SSSR count). The number of rotatable bonds is 6. The molecule has 1 aromatic carbocycles. The van der Waals surface area contributed by atoms with Crippen molar-refractivity contribution in [3.8, 4) is 0 Å². The highest BCUT2D eigenvalue weighted by molar-refractivity contribution is 6.31. The van der Waals surface area contributed by atoms with E-state index in [1.54, 1.807) is 0 Å². The van der Waals surface area contributed by atoms with Crippen LogP contribution in [0.3, 0.4) is 0 Å². The number of benzene rings is 1. The maximum Gasteiger partial charge on any atom is 0.229 e. The third kappa shape index (κ3) is 4.10. The Morgan fingerprint density at radius 2 is 2.00 bits per heavy atom. The molecule has 2 aromatic rings. The lowest BCUT2D eigenvalue weighted by Gasteiger charge is -2.19. The van der Waals surface area contributed by atoms with Crippen molar-refractivity contribution >= 4 is 29.1 Å². The second kappa shape index (κ2) is 7.45. The summed E-state index contributed by atoms with van der Waals surface area (Å²) in [6.45, 7) is 7.14. The minimum absolute atomic E-state index is 0.601. The molecule has 0 amide bonds. The molecule has 1 heterocycles. The van der Waals surface area contributed by atoms with Gasteiger partial charge in [-0.2, -0.15) is 4.98 Å². The number of unbranched alkanes of at least 4 members (excludes halogenated alkanes) is 1. The van der Waals surface area contributed by atoms with Crippen LogP contribution in [0.25, 0.3) is 0 Å². The maximum absolute atomic E-state index is 6.16. The van der Waals surface area contributed by atoms with E-state index in [2.05, 4.69) is 34.2 Å². The lowest BCUT2D eigenvalue weighted by atomic mass is 10.2. The lowest BCUT2D eigenvalue weighted by molar-refractivity contribution is 0.758. The molecule has 0 atom stereocenters. The van der Waals surface area contributed by atoms with Gasteiger partial charge in [-0.05, 0) is 38.0 Å². The van der Waals surface area contributed by atoms with Crippen molar-refractivity contribution < 1.29 is 0 Å². The molecule has 0 radical (unpaired) electrons. The van der Waals surface area contributed by atoms with Crippen molar-refractivity contribution in [1.82, 2.24) is 9.97 Å². The van der Waals surface area contributed by atoms with E-state index in [0.29, 0.717) is 5.95 Å². The van der Waals surface area contributed by atoms with Crippen molar-refractivity contribution in [3.05, 3.63) is 40.5 Å². The average Bonchev–Trinajstić information content (AvgIpc) is 2.49. The molecule has 1 N–H and O–H groups in total. The topological polar surface area (TPSA) is 41.1 Å². The minimum atomic E-state index is 0.601. The molecular weight excluding hydrogens is 296 g/mol. The van der Waals surface area contributed by atoms with Gasteiger partial charge < -0.3 is 10.2 Å². The molecule has 118 valence electrons. The molecule has 4 nitrogen and oxygen atoms in total. The zero-order valence-electron chi connectivity index (χ0n) is 13.7. The number of hydrogen-bond acceptors (Lipinski definition) is 4. The van der Waals surface area contributed by atoms with E-state index in [1.807, 2.05) is 38.1 Å². The second-order valence-electron chi connectivity index (χ2n) is 5.50. The number of aryl methyl sites for hydroxylation is 1. The van der Waals surface area contributed by atoms with Crippen molar-refractivity contribution in [2.45, 2.75) is 33.6 Å². The fourth-order valence-corrected chi connectivity index (χ4v) is 2.35. The van der Waals surface area contributed by atoms with Gasteiger partial charge in [0.25, 0.3) is 0 Å². The lowest BCUT2D eigenvalue weighted by Crippen LogP contribution is -2.20. The zero-order chi connectivity index (χ0) is 16.1. The van der Waals surface area contributed by atoms with Crippen LogP contribution in [0.5, 0.6) is 0 Å². The highest BCUT2D eigenvalue weighted by Crippen LogP contribution is 2.25. The standard InChI is InChI=1S/C17H23ClN4/c1-5-6-10-22(4)16-11-12(2)19-17(21-16)20-15-9-7-8-14(18)13(15)3/h7-9,11H,5-6,10H2,1-4H3,(H,19,20,21). The van der Waals surface area contributed by atoms with Gasteiger partial charge in [0.15, 0.2) is 0 Å². The van der Waals surface area contributed by atoms with Crippen molar-refractivity contribution in [2.75, 3.05) is 23.8 Å². The van der Waals surface area contributed by atoms with Crippen molar-refractivity contribution in [2.24, 2.45) is 0 Å². The van der Waals surface area contributed by atoms with E-state index in [1.165, 1.54) is 6.42 Å². The third-order valence-electron chi connectivity index (χ3n) is 3.59. The smallest absolute Gasteiger partial charge is 0.229 e. The zero-order valence-corrected chi connectivity index (χ0v) is 14.4. The summed E-state index contributed by atoms with van der Waals surface area (Å²) in [7, 11) is 2.06. The van der Waals surface area contributed by atoms with Gasteiger partial charge in [-0.25, -0.2) is 4.98 Å². The summed E-state index contributed by atoms with van der Waals surface area (Å²) in [5, 5.41) is 4.01. The first-order chi connectivity index (χ1) is 10.5. The number of aromatic nitrogens is 2. The van der Waals surface area contributed by atoms with Crippen LogP contribution in [-0.4, -0.2) is 23.6 Å². The Balaban J connectivity index is 2.24. The normalized spacial score (nSPS) is 10.6. The van der Waals surface area contributed by atoms with E-state index in [-0.39, 0.29) is 0 Å². The molecule has 0 aliphatic heterocycles. The number of anilines is 3. The molecule has 0 saturated carbocycles. The van der Waals surface area contributed by atoms with Gasteiger partial charge in [0, 0.05) is 36.1 Å². The second-order valence-corrected chi connectivity index (χ2v) is 5.91. The molecule has 0 spiro atoms. The Bertz CT molecular complexity index is 643. The van der Waals surface area contributed by atoms with Crippen molar-refractivity contribution in [1.29, 1.82) is 0 Å². The summed E-state index contributed by atoms with van der Waals surface area (Å²) in [4.78, 5) is 11.2. The Morgan fingerprint density at radius 3 is 2.73 bits per heavy atom. The Hall–Kier alpha value is -1.81. The molecule has 5 heteroatoms. The number of hydrogen-bond donors (Lipinski definition) is 1. The largest absolute Gasteiger partial charge is 0.360 e.